The van der Waals surface area contributed by atoms with Crippen LogP contribution in [0.25, 0.3) is 10.9 Å². The number of carbonyl (C=O) groups is 1. The Morgan fingerprint density at radius 1 is 1.16 bits per heavy atom. The highest BCUT2D eigenvalue weighted by Gasteiger charge is 2.36. The van der Waals surface area contributed by atoms with Crippen molar-refractivity contribution in [2.24, 2.45) is 5.92 Å². The molecule has 2 heterocycles. The maximum absolute atomic E-state index is 13.3. The van der Waals surface area contributed by atoms with E-state index in [0.717, 1.165) is 23.1 Å². The lowest BCUT2D eigenvalue weighted by molar-refractivity contribution is -0.143. The van der Waals surface area contributed by atoms with E-state index < -0.39 is 30.3 Å². The van der Waals surface area contributed by atoms with Crippen LogP contribution >= 0.6 is 0 Å². The van der Waals surface area contributed by atoms with E-state index in [1.165, 1.54) is 4.90 Å². The molecule has 0 spiro atoms. The van der Waals surface area contributed by atoms with E-state index in [2.05, 4.69) is 10.3 Å². The van der Waals surface area contributed by atoms with Gasteiger partial charge in [0.15, 0.2) is 0 Å². The monoisotopic (exact) mass is 451 g/mol. The van der Waals surface area contributed by atoms with E-state index in [-0.39, 0.29) is 23.2 Å². The highest BCUT2D eigenvalue weighted by molar-refractivity contribution is 6.06. The maximum atomic E-state index is 13.3. The fourth-order valence-corrected chi connectivity index (χ4v) is 4.32. The summed E-state index contributed by atoms with van der Waals surface area (Å²) in [6.45, 7) is 1.93. The van der Waals surface area contributed by atoms with Gasteiger partial charge in [-0.25, -0.2) is 8.78 Å². The number of H-pyrrole nitrogens is 1. The number of hydrogen-bond acceptors (Lipinski definition) is 2. The lowest BCUT2D eigenvalue weighted by Crippen LogP contribution is -2.32. The number of nitrogens with zero attached hydrogens (tertiary/aromatic N) is 1. The van der Waals surface area contributed by atoms with Crippen molar-refractivity contribution in [3.8, 4) is 0 Å². The Balaban J connectivity index is 1.47. The molecule has 3 aromatic rings. The number of aromatic amines is 1. The first kappa shape index (κ1) is 22.3. The van der Waals surface area contributed by atoms with Gasteiger partial charge >= 0.3 is 6.18 Å². The number of anilines is 1. The van der Waals surface area contributed by atoms with Gasteiger partial charge in [-0.2, -0.15) is 13.2 Å². The van der Waals surface area contributed by atoms with Gasteiger partial charge < -0.3 is 10.3 Å². The van der Waals surface area contributed by atoms with Gasteiger partial charge in [-0.1, -0.05) is 13.0 Å². The fourth-order valence-electron chi connectivity index (χ4n) is 4.32. The van der Waals surface area contributed by atoms with Crippen LogP contribution < -0.4 is 5.32 Å². The van der Waals surface area contributed by atoms with E-state index in [9.17, 15) is 26.7 Å². The molecule has 0 radical (unpaired) electrons. The summed E-state index contributed by atoms with van der Waals surface area (Å²) in [6.07, 6.45) is -3.50. The summed E-state index contributed by atoms with van der Waals surface area (Å²) < 4.78 is 64.7. The van der Waals surface area contributed by atoms with Gasteiger partial charge in [0.2, 0.25) is 0 Å². The van der Waals surface area contributed by atoms with Crippen molar-refractivity contribution in [2.75, 3.05) is 25.0 Å². The van der Waals surface area contributed by atoms with Crippen LogP contribution in [0, 0.1) is 17.6 Å². The smallest absolute Gasteiger partial charge is 0.351 e. The molecule has 1 aromatic heterocycles. The lowest BCUT2D eigenvalue weighted by atomic mass is 9.86. The summed E-state index contributed by atoms with van der Waals surface area (Å²) in [5, 5.41) is 3.23. The van der Waals surface area contributed by atoms with E-state index in [0.29, 0.717) is 31.1 Å². The third-order valence-electron chi connectivity index (χ3n) is 5.95. The molecule has 2 aromatic carbocycles. The molecule has 170 valence electrons. The summed E-state index contributed by atoms with van der Waals surface area (Å²) in [5.74, 6) is -1.97. The van der Waals surface area contributed by atoms with E-state index in [1.54, 1.807) is 6.07 Å². The Morgan fingerprint density at radius 2 is 1.88 bits per heavy atom. The topological polar surface area (TPSA) is 48.1 Å². The molecule has 1 aliphatic heterocycles. The Morgan fingerprint density at radius 3 is 2.56 bits per heavy atom. The first-order chi connectivity index (χ1) is 15.1. The van der Waals surface area contributed by atoms with Crippen LogP contribution in [0.15, 0.2) is 42.5 Å². The maximum Gasteiger partial charge on any atom is 0.401 e. The van der Waals surface area contributed by atoms with Crippen LogP contribution in [-0.4, -0.2) is 41.6 Å². The zero-order valence-corrected chi connectivity index (χ0v) is 17.3. The average molecular weight is 451 g/mol. The van der Waals surface area contributed by atoms with Crippen molar-refractivity contribution in [1.29, 1.82) is 0 Å². The number of hydrogen-bond donors (Lipinski definition) is 2. The van der Waals surface area contributed by atoms with Gasteiger partial charge in [0.05, 0.1) is 6.54 Å². The molecule has 9 heteroatoms. The Labute approximate surface area is 181 Å². The van der Waals surface area contributed by atoms with Crippen LogP contribution in [-0.2, 0) is 0 Å². The van der Waals surface area contributed by atoms with Gasteiger partial charge in [0, 0.05) is 29.2 Å². The van der Waals surface area contributed by atoms with Crippen molar-refractivity contribution in [3.05, 3.63) is 65.4 Å². The molecule has 2 atom stereocenters. The van der Waals surface area contributed by atoms with Crippen molar-refractivity contribution < 1.29 is 26.7 Å². The molecule has 1 unspecified atom stereocenters. The standard InChI is InChI=1S/C23H22F5N3O/c1-13(15-4-5-31(11-15)12-23(26,27)28)14-2-3-20-16(6-14)7-21(30-20)22(32)29-19-9-17(24)8-18(25)10-19/h2-3,6-10,13,15,30H,4-5,11-12H2,1H3,(H,29,32)/t13?,15-/m1/s1. The number of amides is 1. The molecule has 1 saturated heterocycles. The van der Waals surface area contributed by atoms with E-state index >= 15 is 0 Å². The number of carbonyl (C=O) groups excluding carboxylic acids is 1. The van der Waals surface area contributed by atoms with Crippen LogP contribution in [0.2, 0.25) is 0 Å². The summed E-state index contributed by atoms with van der Waals surface area (Å²) in [6, 6.07) is 10.0. The van der Waals surface area contributed by atoms with Crippen LogP contribution in [0.4, 0.5) is 27.6 Å². The minimum Gasteiger partial charge on any atom is -0.351 e. The van der Waals surface area contributed by atoms with Crippen LogP contribution in [0.5, 0.6) is 0 Å². The van der Waals surface area contributed by atoms with Gasteiger partial charge in [-0.05, 0) is 60.7 Å². The third-order valence-corrected chi connectivity index (χ3v) is 5.95. The lowest BCUT2D eigenvalue weighted by Gasteiger charge is -2.21. The molecule has 1 amide bonds. The molecule has 0 saturated carbocycles. The second-order valence-electron chi connectivity index (χ2n) is 8.33. The number of likely N-dealkylation sites (tertiary alicyclic amines) is 1. The number of rotatable bonds is 5. The average Bonchev–Trinajstić information content (AvgIpc) is 3.31. The third kappa shape index (κ3) is 5.09. The fraction of sp³-hybridized carbons (Fsp3) is 0.348. The summed E-state index contributed by atoms with van der Waals surface area (Å²) in [7, 11) is 0. The Hall–Kier alpha value is -2.94. The summed E-state index contributed by atoms with van der Waals surface area (Å²) >= 11 is 0. The molecule has 0 bridgehead atoms. The minimum absolute atomic E-state index is 0.00473. The molecule has 4 rings (SSSR count). The van der Waals surface area contributed by atoms with E-state index in [1.807, 2.05) is 25.1 Å². The first-order valence-corrected chi connectivity index (χ1v) is 10.3. The van der Waals surface area contributed by atoms with Gasteiger partial charge in [-0.3, -0.25) is 9.69 Å². The Bertz CT molecular complexity index is 1120. The molecule has 1 fully saturated rings. The zero-order chi connectivity index (χ0) is 23.0. The number of benzene rings is 2. The number of alkyl halides is 3. The largest absolute Gasteiger partial charge is 0.401 e. The number of halogens is 5. The molecule has 4 nitrogen and oxygen atoms in total. The van der Waals surface area contributed by atoms with Crippen molar-refractivity contribution in [2.45, 2.75) is 25.4 Å². The van der Waals surface area contributed by atoms with Crippen molar-refractivity contribution >= 4 is 22.5 Å². The number of aromatic nitrogens is 1. The first-order valence-electron chi connectivity index (χ1n) is 10.3. The minimum atomic E-state index is -4.20. The SMILES string of the molecule is CC(c1ccc2[nH]c(C(=O)Nc3cc(F)cc(F)c3)cc2c1)[C@@H]1CCN(CC(F)(F)F)C1. The molecule has 2 N–H and O–H groups in total. The molecule has 0 aliphatic carbocycles. The normalized spacial score (nSPS) is 18.2. The molecular formula is C23H22F5N3O. The predicted octanol–water partition coefficient (Wildman–Crippen LogP) is 5.69. The van der Waals surface area contributed by atoms with E-state index in [4.69, 9.17) is 0 Å². The van der Waals surface area contributed by atoms with Gasteiger partial charge in [0.1, 0.15) is 17.3 Å². The summed E-state index contributed by atoms with van der Waals surface area (Å²) in [4.78, 5) is 16.9. The predicted molar refractivity (Wildman–Crippen MR) is 112 cm³/mol. The second-order valence-corrected chi connectivity index (χ2v) is 8.33. The molecule has 32 heavy (non-hydrogen) atoms. The second kappa shape index (κ2) is 8.54. The number of nitrogens with one attached hydrogen (secondary N) is 2. The highest BCUT2D eigenvalue weighted by Crippen LogP contribution is 2.34. The molecule has 1 aliphatic rings. The zero-order valence-electron chi connectivity index (χ0n) is 17.3. The van der Waals surface area contributed by atoms with Gasteiger partial charge in [0.25, 0.3) is 5.91 Å². The quantitative estimate of drug-likeness (QED) is 0.490. The summed E-state index contributed by atoms with van der Waals surface area (Å²) in [5.41, 5.74) is 1.92. The van der Waals surface area contributed by atoms with Crippen molar-refractivity contribution in [1.82, 2.24) is 9.88 Å². The number of fused-ring (bicyclic) bond motifs is 1. The van der Waals surface area contributed by atoms with Gasteiger partial charge in [-0.15, -0.1) is 0 Å². The van der Waals surface area contributed by atoms with Crippen molar-refractivity contribution in [3.63, 3.8) is 0 Å². The van der Waals surface area contributed by atoms with Crippen LogP contribution in [0.3, 0.4) is 0 Å². The van der Waals surface area contributed by atoms with Crippen LogP contribution in [0.1, 0.15) is 35.3 Å². The highest BCUT2D eigenvalue weighted by atomic mass is 19.4. The molecular weight excluding hydrogens is 429 g/mol. The Kier molecular flexibility index (Phi) is 5.94.